The SMILES string of the molecule is CCC(CC)CC(NC)c1ccc(Br)cc1Br. The summed E-state index contributed by atoms with van der Waals surface area (Å²) in [7, 11) is 2.04. The van der Waals surface area contributed by atoms with Gasteiger partial charge < -0.3 is 5.32 Å². The van der Waals surface area contributed by atoms with Crippen LogP contribution in [-0.2, 0) is 0 Å². The minimum Gasteiger partial charge on any atom is -0.313 e. The van der Waals surface area contributed by atoms with E-state index in [1.54, 1.807) is 0 Å². The van der Waals surface area contributed by atoms with Gasteiger partial charge in [-0.25, -0.2) is 0 Å². The number of benzene rings is 1. The molecule has 3 heteroatoms. The third kappa shape index (κ3) is 4.38. The fraction of sp³-hybridized carbons (Fsp3) is 0.571. The van der Waals surface area contributed by atoms with Crippen molar-refractivity contribution in [3.8, 4) is 0 Å². The molecule has 96 valence electrons. The summed E-state index contributed by atoms with van der Waals surface area (Å²) in [6.07, 6.45) is 3.70. The van der Waals surface area contributed by atoms with E-state index in [2.05, 4.69) is 69.2 Å². The summed E-state index contributed by atoms with van der Waals surface area (Å²) in [6.45, 7) is 4.55. The Kier molecular flexibility index (Phi) is 6.75. The van der Waals surface area contributed by atoms with Gasteiger partial charge in [-0.3, -0.25) is 0 Å². The minimum absolute atomic E-state index is 0.433. The fourth-order valence-corrected chi connectivity index (χ4v) is 3.46. The summed E-state index contributed by atoms with van der Waals surface area (Å²) in [4.78, 5) is 0. The van der Waals surface area contributed by atoms with Crippen LogP contribution in [0.3, 0.4) is 0 Å². The molecular formula is C14H21Br2N. The summed E-state index contributed by atoms with van der Waals surface area (Å²) in [5, 5.41) is 3.43. The van der Waals surface area contributed by atoms with E-state index in [9.17, 15) is 0 Å². The molecule has 0 fully saturated rings. The Labute approximate surface area is 122 Å². The highest BCUT2D eigenvalue weighted by molar-refractivity contribution is 9.11. The maximum Gasteiger partial charge on any atom is 0.0331 e. The van der Waals surface area contributed by atoms with Crippen LogP contribution in [-0.4, -0.2) is 7.05 Å². The minimum atomic E-state index is 0.433. The highest BCUT2D eigenvalue weighted by Crippen LogP contribution is 2.31. The van der Waals surface area contributed by atoms with Gasteiger partial charge in [0.2, 0.25) is 0 Å². The fourth-order valence-electron chi connectivity index (χ4n) is 2.14. The predicted molar refractivity (Wildman–Crippen MR) is 82.3 cm³/mol. The molecule has 0 radical (unpaired) electrons. The van der Waals surface area contributed by atoms with Crippen LogP contribution in [0.4, 0.5) is 0 Å². The van der Waals surface area contributed by atoms with Crippen molar-refractivity contribution in [3.05, 3.63) is 32.7 Å². The highest BCUT2D eigenvalue weighted by atomic mass is 79.9. The lowest BCUT2D eigenvalue weighted by Crippen LogP contribution is -2.20. The molecule has 1 aromatic carbocycles. The van der Waals surface area contributed by atoms with Crippen molar-refractivity contribution >= 4 is 31.9 Å². The molecule has 0 aromatic heterocycles. The van der Waals surface area contributed by atoms with Gasteiger partial charge in [-0.2, -0.15) is 0 Å². The molecule has 1 atom stereocenters. The van der Waals surface area contributed by atoms with Gasteiger partial charge >= 0.3 is 0 Å². The summed E-state index contributed by atoms with van der Waals surface area (Å²) in [5.74, 6) is 0.794. The van der Waals surface area contributed by atoms with Gasteiger partial charge in [-0.15, -0.1) is 0 Å². The second-order valence-electron chi connectivity index (χ2n) is 4.43. The molecule has 0 saturated heterocycles. The number of hydrogen-bond acceptors (Lipinski definition) is 1. The van der Waals surface area contributed by atoms with Crippen molar-refractivity contribution in [1.82, 2.24) is 5.32 Å². The van der Waals surface area contributed by atoms with Crippen molar-refractivity contribution in [1.29, 1.82) is 0 Å². The Morgan fingerprint density at radius 3 is 2.29 bits per heavy atom. The van der Waals surface area contributed by atoms with Gasteiger partial charge in [0.15, 0.2) is 0 Å². The van der Waals surface area contributed by atoms with Crippen LogP contribution in [0.15, 0.2) is 27.1 Å². The zero-order chi connectivity index (χ0) is 12.8. The lowest BCUT2D eigenvalue weighted by molar-refractivity contribution is 0.385. The Balaban J connectivity index is 2.85. The molecule has 0 amide bonds. The summed E-state index contributed by atoms with van der Waals surface area (Å²) in [6, 6.07) is 6.85. The van der Waals surface area contributed by atoms with Gasteiger partial charge in [0.1, 0.15) is 0 Å². The summed E-state index contributed by atoms with van der Waals surface area (Å²) >= 11 is 7.15. The average Bonchev–Trinajstić information content (AvgIpc) is 2.32. The van der Waals surface area contributed by atoms with Gasteiger partial charge in [0.25, 0.3) is 0 Å². The van der Waals surface area contributed by atoms with Crippen molar-refractivity contribution in [2.75, 3.05) is 7.05 Å². The van der Waals surface area contributed by atoms with Crippen molar-refractivity contribution in [2.24, 2.45) is 5.92 Å². The maximum atomic E-state index is 3.65. The van der Waals surface area contributed by atoms with E-state index >= 15 is 0 Å². The monoisotopic (exact) mass is 361 g/mol. The smallest absolute Gasteiger partial charge is 0.0331 e. The second kappa shape index (κ2) is 7.55. The van der Waals surface area contributed by atoms with E-state index in [1.807, 2.05) is 7.05 Å². The van der Waals surface area contributed by atoms with Gasteiger partial charge in [-0.05, 0) is 37.1 Å². The Bertz CT molecular complexity index is 348. The topological polar surface area (TPSA) is 12.0 Å². The van der Waals surface area contributed by atoms with Crippen molar-refractivity contribution in [3.63, 3.8) is 0 Å². The molecule has 1 aromatic rings. The quantitative estimate of drug-likeness (QED) is 0.724. The predicted octanol–water partition coefficient (Wildman–Crippen LogP) is 5.30. The van der Waals surface area contributed by atoms with Crippen LogP contribution in [0.5, 0.6) is 0 Å². The maximum absolute atomic E-state index is 3.65. The molecule has 0 saturated carbocycles. The molecule has 1 N–H and O–H groups in total. The van der Waals surface area contributed by atoms with E-state index in [0.29, 0.717) is 6.04 Å². The molecule has 0 aliphatic heterocycles. The van der Waals surface area contributed by atoms with Crippen LogP contribution >= 0.6 is 31.9 Å². The van der Waals surface area contributed by atoms with Crippen LogP contribution in [0.2, 0.25) is 0 Å². The van der Waals surface area contributed by atoms with Gasteiger partial charge in [0.05, 0.1) is 0 Å². The third-order valence-corrected chi connectivity index (χ3v) is 4.59. The number of nitrogens with one attached hydrogen (secondary N) is 1. The van der Waals surface area contributed by atoms with Gasteiger partial charge in [0, 0.05) is 15.0 Å². The molecule has 0 aliphatic rings. The second-order valence-corrected chi connectivity index (χ2v) is 6.20. The normalized spacial score (nSPS) is 13.1. The molecule has 0 bridgehead atoms. The van der Waals surface area contributed by atoms with Crippen LogP contribution in [0, 0.1) is 5.92 Å². The lowest BCUT2D eigenvalue weighted by atomic mass is 9.91. The molecule has 0 aliphatic carbocycles. The van der Waals surface area contributed by atoms with Crippen LogP contribution in [0.1, 0.15) is 44.7 Å². The number of hydrogen-bond donors (Lipinski definition) is 1. The number of rotatable bonds is 6. The first-order chi connectivity index (χ1) is 8.12. The zero-order valence-electron chi connectivity index (χ0n) is 10.8. The van der Waals surface area contributed by atoms with E-state index < -0.39 is 0 Å². The van der Waals surface area contributed by atoms with E-state index in [-0.39, 0.29) is 0 Å². The third-order valence-electron chi connectivity index (χ3n) is 3.41. The zero-order valence-corrected chi connectivity index (χ0v) is 13.9. The van der Waals surface area contributed by atoms with E-state index in [1.165, 1.54) is 29.3 Å². The van der Waals surface area contributed by atoms with Crippen molar-refractivity contribution in [2.45, 2.75) is 39.2 Å². The standard InChI is InChI=1S/C14H21Br2N/c1-4-10(5-2)8-14(17-3)12-7-6-11(15)9-13(12)16/h6-7,9-10,14,17H,4-5,8H2,1-3H3. The first kappa shape index (κ1) is 15.2. The van der Waals surface area contributed by atoms with E-state index in [4.69, 9.17) is 0 Å². The molecule has 1 unspecified atom stereocenters. The molecule has 1 rings (SSSR count). The molecule has 17 heavy (non-hydrogen) atoms. The Hall–Kier alpha value is 0.140. The van der Waals surface area contributed by atoms with Crippen LogP contribution < -0.4 is 5.32 Å². The molecule has 0 spiro atoms. The van der Waals surface area contributed by atoms with E-state index in [0.717, 1.165) is 10.4 Å². The van der Waals surface area contributed by atoms with Gasteiger partial charge in [-0.1, -0.05) is 64.6 Å². The van der Waals surface area contributed by atoms with Crippen LogP contribution in [0.25, 0.3) is 0 Å². The Morgan fingerprint density at radius 1 is 1.18 bits per heavy atom. The van der Waals surface area contributed by atoms with Crippen molar-refractivity contribution < 1.29 is 0 Å². The molecule has 0 heterocycles. The molecule has 1 nitrogen and oxygen atoms in total. The largest absolute Gasteiger partial charge is 0.313 e. The number of halogens is 2. The average molecular weight is 363 g/mol. The summed E-state index contributed by atoms with van der Waals surface area (Å²) < 4.78 is 2.29. The first-order valence-electron chi connectivity index (χ1n) is 6.24. The summed E-state index contributed by atoms with van der Waals surface area (Å²) in [5.41, 5.74) is 1.35. The Morgan fingerprint density at radius 2 is 1.82 bits per heavy atom. The highest BCUT2D eigenvalue weighted by Gasteiger charge is 2.16. The molecular weight excluding hydrogens is 342 g/mol. The first-order valence-corrected chi connectivity index (χ1v) is 7.83. The lowest BCUT2D eigenvalue weighted by Gasteiger charge is -2.23.